The first-order valence-electron chi connectivity index (χ1n) is 7.27. The van der Waals surface area contributed by atoms with Gasteiger partial charge in [0.15, 0.2) is 5.71 Å². The Balaban J connectivity index is 2.31. The third-order valence-corrected chi connectivity index (χ3v) is 3.22. The molecule has 0 spiro atoms. The third kappa shape index (κ3) is 4.51. The molecule has 0 bridgehead atoms. The second-order valence-electron chi connectivity index (χ2n) is 4.82. The van der Waals surface area contributed by atoms with Gasteiger partial charge in [0, 0.05) is 5.56 Å². The van der Waals surface area contributed by atoms with Gasteiger partial charge >= 0.3 is 5.97 Å². The zero-order valence-electron chi connectivity index (χ0n) is 13.7. The van der Waals surface area contributed by atoms with Gasteiger partial charge < -0.3 is 9.47 Å². The number of ketones is 2. The van der Waals surface area contributed by atoms with E-state index in [1.807, 2.05) is 0 Å². The number of benzene rings is 2. The molecule has 0 saturated heterocycles. The fourth-order valence-electron chi connectivity index (χ4n) is 1.91. The van der Waals surface area contributed by atoms with Crippen molar-refractivity contribution in [3.8, 4) is 5.75 Å². The number of esters is 1. The molecule has 1 N–H and O–H groups in total. The van der Waals surface area contributed by atoms with Crippen LogP contribution in [-0.4, -0.2) is 37.5 Å². The van der Waals surface area contributed by atoms with Gasteiger partial charge in [0.2, 0.25) is 5.78 Å². The van der Waals surface area contributed by atoms with Crippen molar-refractivity contribution in [3.63, 3.8) is 0 Å². The van der Waals surface area contributed by atoms with E-state index >= 15 is 0 Å². The Morgan fingerprint density at radius 1 is 0.920 bits per heavy atom. The molecule has 0 unspecified atom stereocenters. The van der Waals surface area contributed by atoms with E-state index in [1.165, 1.54) is 19.2 Å². The first-order valence-corrected chi connectivity index (χ1v) is 7.27. The molecule has 7 heteroatoms. The zero-order chi connectivity index (χ0) is 18.2. The molecule has 0 radical (unpaired) electrons. The summed E-state index contributed by atoms with van der Waals surface area (Å²) in [6.07, 6.45) is 0. The Morgan fingerprint density at radius 2 is 1.56 bits per heavy atom. The van der Waals surface area contributed by atoms with Crippen LogP contribution < -0.4 is 10.2 Å². The SMILES string of the molecule is COC(=O)C(=O)C(=NNc1ccc(OC)cc1)C(=O)c1ccccc1. The molecule has 2 aromatic rings. The van der Waals surface area contributed by atoms with Crippen LogP contribution in [-0.2, 0) is 14.3 Å². The van der Waals surface area contributed by atoms with E-state index in [1.54, 1.807) is 42.5 Å². The summed E-state index contributed by atoms with van der Waals surface area (Å²) in [5.41, 5.74) is 2.77. The van der Waals surface area contributed by atoms with Crippen molar-refractivity contribution in [2.75, 3.05) is 19.6 Å². The summed E-state index contributed by atoms with van der Waals surface area (Å²) in [6, 6.07) is 14.7. The number of carbonyl (C=O) groups is 3. The van der Waals surface area contributed by atoms with Crippen LogP contribution in [0.15, 0.2) is 59.7 Å². The Labute approximate surface area is 144 Å². The number of nitrogens with one attached hydrogen (secondary N) is 1. The zero-order valence-corrected chi connectivity index (χ0v) is 13.7. The van der Waals surface area contributed by atoms with Crippen LogP contribution in [0.1, 0.15) is 10.4 Å². The fraction of sp³-hybridized carbons (Fsp3) is 0.111. The molecule has 0 fully saturated rings. The average Bonchev–Trinajstić information content (AvgIpc) is 2.68. The molecule has 128 valence electrons. The van der Waals surface area contributed by atoms with Gasteiger partial charge in [0.1, 0.15) is 5.75 Å². The van der Waals surface area contributed by atoms with E-state index in [2.05, 4.69) is 15.3 Å². The average molecular weight is 340 g/mol. The van der Waals surface area contributed by atoms with Gasteiger partial charge in [-0.1, -0.05) is 30.3 Å². The number of hydrogen-bond acceptors (Lipinski definition) is 7. The van der Waals surface area contributed by atoms with Gasteiger partial charge in [-0.25, -0.2) is 4.79 Å². The van der Waals surface area contributed by atoms with E-state index in [4.69, 9.17) is 4.74 Å². The maximum absolute atomic E-state index is 12.5. The van der Waals surface area contributed by atoms with Crippen molar-refractivity contribution in [1.82, 2.24) is 0 Å². The fourth-order valence-corrected chi connectivity index (χ4v) is 1.91. The van der Waals surface area contributed by atoms with E-state index in [9.17, 15) is 14.4 Å². The molecule has 0 amide bonds. The van der Waals surface area contributed by atoms with Crippen molar-refractivity contribution >= 4 is 28.9 Å². The molecule has 2 aromatic carbocycles. The smallest absolute Gasteiger partial charge is 0.381 e. The van der Waals surface area contributed by atoms with Crippen LogP contribution >= 0.6 is 0 Å². The van der Waals surface area contributed by atoms with Crippen LogP contribution in [0.5, 0.6) is 5.75 Å². The number of hydrogen-bond donors (Lipinski definition) is 1. The molecular formula is C18H16N2O5. The minimum Gasteiger partial charge on any atom is -0.497 e. The first kappa shape index (κ1) is 17.9. The Bertz CT molecular complexity index is 798. The number of rotatable bonds is 7. The van der Waals surface area contributed by atoms with Crippen molar-refractivity contribution in [3.05, 3.63) is 60.2 Å². The summed E-state index contributed by atoms with van der Waals surface area (Å²) in [5.74, 6) is -2.34. The van der Waals surface area contributed by atoms with Crippen LogP contribution in [0, 0.1) is 0 Å². The first-order chi connectivity index (χ1) is 12.1. The molecule has 25 heavy (non-hydrogen) atoms. The minimum atomic E-state index is -1.17. The van der Waals surface area contributed by atoms with Crippen LogP contribution in [0.2, 0.25) is 0 Å². The molecule has 7 nitrogen and oxygen atoms in total. The number of carbonyl (C=O) groups excluding carboxylic acids is 3. The largest absolute Gasteiger partial charge is 0.497 e. The normalized spacial score (nSPS) is 10.7. The van der Waals surface area contributed by atoms with Gasteiger partial charge in [-0.05, 0) is 24.3 Å². The van der Waals surface area contributed by atoms with E-state index in [-0.39, 0.29) is 5.56 Å². The molecule has 0 aromatic heterocycles. The number of Topliss-reactive ketones (excluding diaryl/α,β-unsaturated/α-hetero) is 2. The minimum absolute atomic E-state index is 0.232. The Kier molecular flexibility index (Phi) is 6.00. The quantitative estimate of drug-likeness (QED) is 0.207. The van der Waals surface area contributed by atoms with E-state index < -0.39 is 23.2 Å². The predicted octanol–water partition coefficient (Wildman–Crippen LogP) is 2.09. The number of nitrogens with zero attached hydrogens (tertiary/aromatic N) is 1. The molecule has 0 aliphatic rings. The maximum atomic E-state index is 12.5. The van der Waals surface area contributed by atoms with Gasteiger partial charge in [-0.2, -0.15) is 5.10 Å². The van der Waals surface area contributed by atoms with Gasteiger partial charge in [0.05, 0.1) is 19.9 Å². The molecule has 0 heterocycles. The van der Waals surface area contributed by atoms with Crippen molar-refractivity contribution in [1.29, 1.82) is 0 Å². The molecule has 2 rings (SSSR count). The van der Waals surface area contributed by atoms with Crippen LogP contribution in [0.3, 0.4) is 0 Å². The van der Waals surface area contributed by atoms with Gasteiger partial charge in [0.25, 0.3) is 5.78 Å². The number of hydrazone groups is 1. The number of methoxy groups -OCH3 is 2. The van der Waals surface area contributed by atoms with Crippen molar-refractivity contribution in [2.24, 2.45) is 5.10 Å². The maximum Gasteiger partial charge on any atom is 0.381 e. The summed E-state index contributed by atoms with van der Waals surface area (Å²) in [6.45, 7) is 0. The molecule has 0 saturated carbocycles. The van der Waals surface area contributed by atoms with Crippen molar-refractivity contribution < 1.29 is 23.9 Å². The summed E-state index contributed by atoms with van der Waals surface area (Å²) < 4.78 is 9.44. The second kappa shape index (κ2) is 8.39. The van der Waals surface area contributed by atoms with Gasteiger partial charge in [-0.15, -0.1) is 0 Å². The van der Waals surface area contributed by atoms with Crippen LogP contribution in [0.25, 0.3) is 0 Å². The molecule has 0 aliphatic carbocycles. The van der Waals surface area contributed by atoms with Crippen LogP contribution in [0.4, 0.5) is 5.69 Å². The summed E-state index contributed by atoms with van der Waals surface area (Å²) >= 11 is 0. The lowest BCUT2D eigenvalue weighted by Gasteiger charge is -2.06. The lowest BCUT2D eigenvalue weighted by atomic mass is 10.0. The number of anilines is 1. The number of ether oxygens (including phenoxy) is 2. The highest BCUT2D eigenvalue weighted by Gasteiger charge is 2.28. The molecule has 0 aliphatic heterocycles. The highest BCUT2D eigenvalue weighted by atomic mass is 16.5. The predicted molar refractivity (Wildman–Crippen MR) is 91.8 cm³/mol. The second-order valence-corrected chi connectivity index (χ2v) is 4.82. The monoisotopic (exact) mass is 340 g/mol. The van der Waals surface area contributed by atoms with Crippen molar-refractivity contribution in [2.45, 2.75) is 0 Å². The highest BCUT2D eigenvalue weighted by molar-refractivity contribution is 6.80. The standard InChI is InChI=1S/C18H16N2O5/c1-24-14-10-8-13(9-11-14)19-20-15(17(22)18(23)25-2)16(21)12-6-4-3-5-7-12/h3-11,19H,1-2H3. The Hall–Kier alpha value is -3.48. The summed E-state index contributed by atoms with van der Waals surface area (Å²) in [5, 5.41) is 3.82. The molecular weight excluding hydrogens is 324 g/mol. The summed E-state index contributed by atoms with van der Waals surface area (Å²) in [4.78, 5) is 36.2. The third-order valence-electron chi connectivity index (χ3n) is 3.22. The summed E-state index contributed by atoms with van der Waals surface area (Å²) in [7, 11) is 2.59. The van der Waals surface area contributed by atoms with E-state index in [0.29, 0.717) is 11.4 Å². The lowest BCUT2D eigenvalue weighted by molar-refractivity contribution is -0.148. The van der Waals surface area contributed by atoms with E-state index in [0.717, 1.165) is 7.11 Å². The molecule has 0 atom stereocenters. The highest BCUT2D eigenvalue weighted by Crippen LogP contribution is 2.15. The Morgan fingerprint density at radius 3 is 2.12 bits per heavy atom. The van der Waals surface area contributed by atoms with Gasteiger partial charge in [-0.3, -0.25) is 15.0 Å². The topological polar surface area (TPSA) is 94.1 Å². The lowest BCUT2D eigenvalue weighted by Crippen LogP contribution is -2.32.